The summed E-state index contributed by atoms with van der Waals surface area (Å²) < 4.78 is 0. The Morgan fingerprint density at radius 2 is 1.88 bits per heavy atom. The Hall–Kier alpha value is -2.17. The van der Waals surface area contributed by atoms with Gasteiger partial charge in [-0.2, -0.15) is 0 Å². The molecule has 3 amide bonds. The van der Waals surface area contributed by atoms with E-state index in [0.717, 1.165) is 24.0 Å². The molecule has 2 heterocycles. The summed E-state index contributed by atoms with van der Waals surface area (Å²) in [5.74, 6) is -0.302. The van der Waals surface area contributed by atoms with Gasteiger partial charge in [-0.05, 0) is 43.8 Å². The molecule has 1 atom stereocenters. The maximum Gasteiger partial charge on any atom is 0.255 e. The van der Waals surface area contributed by atoms with Crippen molar-refractivity contribution >= 4 is 17.7 Å². The Morgan fingerprint density at radius 1 is 1.16 bits per heavy atom. The number of hydrogen-bond donors (Lipinski definition) is 1. The SMILES string of the molecule is C=C(/C=C1/C(=O)N(C2CCC(=O)NC2=O)C/C1=C/C)C1CCCCC1. The van der Waals surface area contributed by atoms with Gasteiger partial charge in [-0.25, -0.2) is 0 Å². The fourth-order valence-corrected chi connectivity index (χ4v) is 4.04. The van der Waals surface area contributed by atoms with Crippen molar-refractivity contribution in [3.63, 3.8) is 0 Å². The summed E-state index contributed by atoms with van der Waals surface area (Å²) in [4.78, 5) is 38.0. The predicted molar refractivity (Wildman–Crippen MR) is 95.4 cm³/mol. The van der Waals surface area contributed by atoms with Crippen LogP contribution >= 0.6 is 0 Å². The lowest BCUT2D eigenvalue weighted by Crippen LogP contribution is -2.52. The minimum atomic E-state index is -0.561. The van der Waals surface area contributed by atoms with Crippen molar-refractivity contribution in [2.24, 2.45) is 5.92 Å². The first-order valence-electron chi connectivity index (χ1n) is 9.22. The second kappa shape index (κ2) is 7.38. The van der Waals surface area contributed by atoms with Crippen molar-refractivity contribution in [2.75, 3.05) is 6.54 Å². The zero-order valence-corrected chi connectivity index (χ0v) is 14.8. The number of allylic oxidation sites excluding steroid dienone is 3. The first kappa shape index (κ1) is 17.6. The van der Waals surface area contributed by atoms with E-state index >= 15 is 0 Å². The van der Waals surface area contributed by atoms with Gasteiger partial charge >= 0.3 is 0 Å². The van der Waals surface area contributed by atoms with E-state index < -0.39 is 6.04 Å². The summed E-state index contributed by atoms with van der Waals surface area (Å²) in [7, 11) is 0. The van der Waals surface area contributed by atoms with E-state index in [0.29, 0.717) is 24.5 Å². The Kier molecular flexibility index (Phi) is 5.21. The average molecular weight is 342 g/mol. The number of likely N-dealkylation sites (tertiary alicyclic amines) is 1. The molecule has 3 rings (SSSR count). The highest BCUT2D eigenvalue weighted by Gasteiger charge is 2.40. The molecule has 0 radical (unpaired) electrons. The summed E-state index contributed by atoms with van der Waals surface area (Å²) in [6, 6.07) is -0.561. The molecule has 0 aromatic carbocycles. The Labute approximate surface area is 148 Å². The van der Waals surface area contributed by atoms with Crippen molar-refractivity contribution in [3.8, 4) is 0 Å². The fraction of sp³-hybridized carbons (Fsp3) is 0.550. The smallest absolute Gasteiger partial charge is 0.255 e. The van der Waals surface area contributed by atoms with Crippen molar-refractivity contribution in [1.29, 1.82) is 0 Å². The summed E-state index contributed by atoms with van der Waals surface area (Å²) >= 11 is 0. The molecule has 2 aliphatic heterocycles. The minimum absolute atomic E-state index is 0.125. The number of nitrogens with one attached hydrogen (secondary N) is 1. The third kappa shape index (κ3) is 3.60. The topological polar surface area (TPSA) is 66.5 Å². The van der Waals surface area contributed by atoms with Crippen LogP contribution in [0.2, 0.25) is 0 Å². The van der Waals surface area contributed by atoms with Gasteiger partial charge in [0, 0.05) is 18.5 Å². The molecule has 5 heteroatoms. The standard InChI is InChI=1S/C20H26N2O3/c1-3-14-12-22(17-9-10-18(23)21-19(17)24)20(25)16(14)11-13(2)15-7-5-4-6-8-15/h3,11,15,17H,2,4-10,12H2,1H3,(H,21,23,24)/b14-3-,16-11+. The number of piperidine rings is 1. The summed E-state index contributed by atoms with van der Waals surface area (Å²) in [5.41, 5.74) is 2.61. The van der Waals surface area contributed by atoms with Gasteiger partial charge in [-0.15, -0.1) is 0 Å². The monoisotopic (exact) mass is 342 g/mol. The molecule has 0 aromatic heterocycles. The van der Waals surface area contributed by atoms with Gasteiger partial charge in [0.1, 0.15) is 6.04 Å². The highest BCUT2D eigenvalue weighted by molar-refractivity contribution is 6.07. The third-order valence-corrected chi connectivity index (χ3v) is 5.57. The van der Waals surface area contributed by atoms with E-state index in [1.54, 1.807) is 4.90 Å². The van der Waals surface area contributed by atoms with Crippen molar-refractivity contribution in [3.05, 3.63) is 35.5 Å². The number of carbonyl (C=O) groups is 3. The van der Waals surface area contributed by atoms with E-state index in [1.165, 1.54) is 19.3 Å². The number of imide groups is 1. The Bertz CT molecular complexity index is 668. The van der Waals surface area contributed by atoms with E-state index in [9.17, 15) is 14.4 Å². The Balaban J connectivity index is 1.79. The number of nitrogens with zero attached hydrogens (tertiary/aromatic N) is 1. The zero-order chi connectivity index (χ0) is 18.0. The van der Waals surface area contributed by atoms with E-state index in [2.05, 4.69) is 11.9 Å². The third-order valence-electron chi connectivity index (χ3n) is 5.57. The normalized spacial score (nSPS) is 28.8. The van der Waals surface area contributed by atoms with Crippen molar-refractivity contribution in [2.45, 2.75) is 57.9 Å². The number of hydrogen-bond acceptors (Lipinski definition) is 3. The summed E-state index contributed by atoms with van der Waals surface area (Å²) in [6.07, 6.45) is 10.5. The summed E-state index contributed by atoms with van der Waals surface area (Å²) in [6.45, 7) is 6.54. The van der Waals surface area contributed by atoms with Gasteiger partial charge in [-0.1, -0.05) is 37.5 Å². The van der Waals surface area contributed by atoms with Crippen molar-refractivity contribution < 1.29 is 14.4 Å². The molecule has 134 valence electrons. The quantitative estimate of drug-likeness (QED) is 0.633. The molecular formula is C20H26N2O3. The second-order valence-corrected chi connectivity index (χ2v) is 7.18. The molecule has 1 saturated carbocycles. The van der Waals surface area contributed by atoms with Crippen LogP contribution in [0.15, 0.2) is 35.5 Å². The van der Waals surface area contributed by atoms with Crippen LogP contribution in [-0.2, 0) is 14.4 Å². The fourth-order valence-electron chi connectivity index (χ4n) is 4.04. The van der Waals surface area contributed by atoms with Crippen LogP contribution in [0.4, 0.5) is 0 Å². The molecule has 3 aliphatic rings. The lowest BCUT2D eigenvalue weighted by Gasteiger charge is -2.29. The van der Waals surface area contributed by atoms with E-state index in [-0.39, 0.29) is 24.1 Å². The molecular weight excluding hydrogens is 316 g/mol. The first-order valence-corrected chi connectivity index (χ1v) is 9.22. The molecule has 0 aromatic rings. The molecule has 0 bridgehead atoms. The molecule has 2 saturated heterocycles. The van der Waals surface area contributed by atoms with Crippen LogP contribution in [0.3, 0.4) is 0 Å². The van der Waals surface area contributed by atoms with E-state index in [1.807, 2.05) is 19.1 Å². The van der Waals surface area contributed by atoms with Crippen LogP contribution in [0.5, 0.6) is 0 Å². The minimum Gasteiger partial charge on any atom is -0.322 e. The van der Waals surface area contributed by atoms with Gasteiger partial charge in [-0.3, -0.25) is 19.7 Å². The molecule has 0 spiro atoms. The highest BCUT2D eigenvalue weighted by atomic mass is 16.2. The van der Waals surface area contributed by atoms with Gasteiger partial charge in [0.2, 0.25) is 11.8 Å². The lowest BCUT2D eigenvalue weighted by molar-refractivity contribution is -0.142. The van der Waals surface area contributed by atoms with Crippen LogP contribution < -0.4 is 5.32 Å². The van der Waals surface area contributed by atoms with Crippen LogP contribution in [0, 0.1) is 5.92 Å². The van der Waals surface area contributed by atoms with Gasteiger partial charge < -0.3 is 4.90 Å². The molecule has 1 aliphatic carbocycles. The van der Waals surface area contributed by atoms with Crippen LogP contribution in [0.25, 0.3) is 0 Å². The predicted octanol–water partition coefficient (Wildman–Crippen LogP) is 2.64. The lowest BCUT2D eigenvalue weighted by atomic mass is 9.83. The maximum atomic E-state index is 12.9. The van der Waals surface area contributed by atoms with E-state index in [4.69, 9.17) is 0 Å². The molecule has 5 nitrogen and oxygen atoms in total. The largest absolute Gasteiger partial charge is 0.322 e. The molecule has 25 heavy (non-hydrogen) atoms. The van der Waals surface area contributed by atoms with Gasteiger partial charge in [0.25, 0.3) is 5.91 Å². The first-order chi connectivity index (χ1) is 12.0. The zero-order valence-electron chi connectivity index (χ0n) is 14.8. The number of carbonyl (C=O) groups excluding carboxylic acids is 3. The average Bonchev–Trinajstić information content (AvgIpc) is 2.92. The molecule has 1 N–H and O–H groups in total. The number of amides is 3. The number of rotatable bonds is 3. The second-order valence-electron chi connectivity index (χ2n) is 7.18. The summed E-state index contributed by atoms with van der Waals surface area (Å²) in [5, 5.41) is 2.34. The molecule has 3 fully saturated rings. The van der Waals surface area contributed by atoms with Crippen LogP contribution in [-0.4, -0.2) is 35.2 Å². The molecule has 1 unspecified atom stereocenters. The van der Waals surface area contributed by atoms with Crippen molar-refractivity contribution in [1.82, 2.24) is 10.2 Å². The van der Waals surface area contributed by atoms with Gasteiger partial charge in [0.15, 0.2) is 0 Å². The maximum absolute atomic E-state index is 12.9. The Morgan fingerprint density at radius 3 is 2.52 bits per heavy atom. The van der Waals surface area contributed by atoms with Gasteiger partial charge in [0.05, 0.1) is 0 Å². The van der Waals surface area contributed by atoms with Crippen LogP contribution in [0.1, 0.15) is 51.9 Å². The highest BCUT2D eigenvalue weighted by Crippen LogP contribution is 2.33.